The Morgan fingerprint density at radius 3 is 2.00 bits per heavy atom. The number of fused-ring (bicyclic) bond motifs is 1. The monoisotopic (exact) mass is 854 g/mol. The highest BCUT2D eigenvalue weighted by Gasteiger charge is 2.35. The summed E-state index contributed by atoms with van der Waals surface area (Å²) >= 11 is 0. The van der Waals surface area contributed by atoms with Crippen molar-refractivity contribution in [2.45, 2.75) is 113 Å². The standard InChI is InChI=1S/C60H65N3O/c1-37(2)43-33-49(38(3)4)56(64)51(34-43)57-62-55-48(44-30-45(32-47(31-44)58(6,7)8)52-35-42(28-29-61-52)40-24-22-39(5)23-25-40)20-17-21-54(55)63(57)53-27-26-46(60(12,13)59(9,10)11)36-50(53)41-18-15-14-16-19-41/h14-38,64H,1-13H3/i5D3,22D,23D,24D,25D,28D,29D,35D. The number of aromatic nitrogens is 3. The molecule has 0 aliphatic rings. The lowest BCUT2D eigenvalue weighted by Crippen LogP contribution is -2.34. The number of aromatic hydroxyl groups is 1. The Morgan fingerprint density at radius 2 is 1.34 bits per heavy atom. The van der Waals surface area contributed by atoms with Gasteiger partial charge in [-0.15, -0.1) is 0 Å². The molecule has 8 rings (SSSR count). The van der Waals surface area contributed by atoms with Crippen LogP contribution in [-0.4, -0.2) is 19.6 Å². The van der Waals surface area contributed by atoms with Gasteiger partial charge < -0.3 is 5.11 Å². The van der Waals surface area contributed by atoms with Crippen molar-refractivity contribution in [2.24, 2.45) is 5.41 Å². The molecule has 0 fully saturated rings. The number of hydrogen-bond acceptors (Lipinski definition) is 3. The van der Waals surface area contributed by atoms with E-state index in [1.165, 1.54) is 5.56 Å². The summed E-state index contributed by atoms with van der Waals surface area (Å²) in [5.41, 5.74) is 8.10. The highest BCUT2D eigenvalue weighted by molar-refractivity contribution is 5.98. The van der Waals surface area contributed by atoms with Crippen LogP contribution in [0.15, 0.2) is 139 Å². The fourth-order valence-corrected chi connectivity index (χ4v) is 8.15. The smallest absolute Gasteiger partial charge is 0.149 e. The van der Waals surface area contributed by atoms with Crippen LogP contribution in [0.4, 0.5) is 0 Å². The normalized spacial score (nSPS) is 14.9. The van der Waals surface area contributed by atoms with Gasteiger partial charge in [-0.05, 0) is 128 Å². The lowest BCUT2D eigenvalue weighted by Gasteiger charge is -2.40. The van der Waals surface area contributed by atoms with Gasteiger partial charge in [0, 0.05) is 27.0 Å². The molecule has 0 saturated heterocycles. The molecule has 0 saturated carbocycles. The van der Waals surface area contributed by atoms with Crippen LogP contribution in [0.25, 0.3) is 72.7 Å². The maximum atomic E-state index is 12.4. The van der Waals surface area contributed by atoms with Gasteiger partial charge in [0.25, 0.3) is 0 Å². The van der Waals surface area contributed by atoms with Crippen LogP contribution in [0.5, 0.6) is 5.75 Å². The van der Waals surface area contributed by atoms with Gasteiger partial charge >= 0.3 is 0 Å². The number of phenolic OH excluding ortho intramolecular Hbond substituents is 1. The zero-order chi connectivity index (χ0) is 54.5. The van der Waals surface area contributed by atoms with Crippen LogP contribution in [0.2, 0.25) is 0 Å². The van der Waals surface area contributed by atoms with Crippen molar-refractivity contribution in [1.29, 1.82) is 0 Å². The predicted octanol–water partition coefficient (Wildman–Crippen LogP) is 16.6. The number of imidazole rings is 1. The minimum atomic E-state index is -2.97. The number of nitrogens with zero attached hydrogens (tertiary/aromatic N) is 3. The van der Waals surface area contributed by atoms with Gasteiger partial charge in [0.1, 0.15) is 11.6 Å². The van der Waals surface area contributed by atoms with Gasteiger partial charge in [0.2, 0.25) is 0 Å². The second kappa shape index (κ2) is 16.7. The van der Waals surface area contributed by atoms with Gasteiger partial charge in [-0.25, -0.2) is 4.98 Å². The summed E-state index contributed by atoms with van der Waals surface area (Å²) in [6, 6.07) is 28.7. The first-order valence-corrected chi connectivity index (χ1v) is 22.2. The predicted molar refractivity (Wildman–Crippen MR) is 272 cm³/mol. The molecule has 0 unspecified atom stereocenters. The summed E-state index contributed by atoms with van der Waals surface area (Å²) in [5.74, 6) is 0.823. The Balaban J connectivity index is 1.47. The highest BCUT2D eigenvalue weighted by atomic mass is 16.3. The zero-order valence-electron chi connectivity index (χ0n) is 49.2. The van der Waals surface area contributed by atoms with Crippen molar-refractivity contribution < 1.29 is 18.8 Å². The molecule has 64 heavy (non-hydrogen) atoms. The molecule has 0 atom stereocenters. The minimum absolute atomic E-state index is 0.000368. The third kappa shape index (κ3) is 8.31. The molecule has 8 aromatic rings. The molecule has 0 amide bonds. The molecule has 4 heteroatoms. The van der Waals surface area contributed by atoms with Crippen molar-refractivity contribution >= 4 is 11.0 Å². The first-order chi connectivity index (χ1) is 34.4. The van der Waals surface area contributed by atoms with E-state index in [1.807, 2.05) is 54.6 Å². The van der Waals surface area contributed by atoms with Crippen molar-refractivity contribution in [3.63, 3.8) is 0 Å². The maximum absolute atomic E-state index is 12.4. The zero-order valence-corrected chi connectivity index (χ0v) is 39.2. The third-order valence-corrected chi connectivity index (χ3v) is 13.1. The lowest BCUT2D eigenvalue weighted by molar-refractivity contribution is 0.225. The SMILES string of the molecule is [2H]c1nc(-c2cc(-c3cccc4c3nc(-c3cc(C(C)C)cc(C(C)C)c3O)n4-c3ccc(C(C)(C)C(C)(C)C)cc3-c3ccccc3)cc(C(C)(C)C)c2)c([2H])c(-c2c([2H])c([2H])c(C([2H])([2H])[2H])c([2H])c2[2H])c1[2H]. The largest absolute Gasteiger partial charge is 0.507 e. The molecule has 6 aromatic carbocycles. The summed E-state index contributed by atoms with van der Waals surface area (Å²) in [6.07, 6.45) is -0.564. The number of phenols is 1. The summed E-state index contributed by atoms with van der Waals surface area (Å²) < 4.78 is 88.5. The summed E-state index contributed by atoms with van der Waals surface area (Å²) in [6.45, 7) is 22.9. The fraction of sp³-hybridized carbons (Fsp3) is 0.300. The van der Waals surface area contributed by atoms with Crippen molar-refractivity contribution in [2.75, 3.05) is 0 Å². The Hall–Kier alpha value is -6.26. The Labute approximate surface area is 396 Å². The van der Waals surface area contributed by atoms with Crippen molar-refractivity contribution in [1.82, 2.24) is 14.5 Å². The molecule has 0 aliphatic carbocycles. The van der Waals surface area contributed by atoms with Crippen LogP contribution in [0.1, 0.15) is 136 Å². The number of para-hydroxylation sites is 1. The highest BCUT2D eigenvalue weighted by Crippen LogP contribution is 2.47. The topological polar surface area (TPSA) is 50.9 Å². The van der Waals surface area contributed by atoms with Crippen molar-refractivity contribution in [3.05, 3.63) is 167 Å². The summed E-state index contributed by atoms with van der Waals surface area (Å²) in [5, 5.41) is 12.4. The number of benzene rings is 6. The first kappa shape index (κ1) is 33.3. The van der Waals surface area contributed by atoms with Gasteiger partial charge in [0.15, 0.2) is 0 Å². The van der Waals surface area contributed by atoms with E-state index >= 15 is 0 Å². The van der Waals surface area contributed by atoms with E-state index in [2.05, 4.69) is 135 Å². The van der Waals surface area contributed by atoms with Gasteiger partial charge in [-0.1, -0.05) is 173 Å². The fourth-order valence-electron chi connectivity index (χ4n) is 8.15. The third-order valence-electron chi connectivity index (χ3n) is 13.1. The van der Waals surface area contributed by atoms with E-state index in [0.29, 0.717) is 28.0 Å². The molecular weight excluding hydrogens is 779 g/mol. The van der Waals surface area contributed by atoms with E-state index in [1.54, 1.807) is 0 Å². The van der Waals surface area contributed by atoms with Gasteiger partial charge in [-0.3, -0.25) is 9.55 Å². The van der Waals surface area contributed by atoms with E-state index in [0.717, 1.165) is 44.6 Å². The number of hydrogen-bond donors (Lipinski definition) is 1. The molecule has 0 spiro atoms. The molecule has 1 N–H and O–H groups in total. The van der Waals surface area contributed by atoms with Gasteiger partial charge in [-0.2, -0.15) is 0 Å². The molecule has 2 aromatic heterocycles. The van der Waals surface area contributed by atoms with Crippen LogP contribution in [0.3, 0.4) is 0 Å². The Kier molecular flexibility index (Phi) is 8.68. The molecule has 2 heterocycles. The molecule has 0 aliphatic heterocycles. The molecule has 4 nitrogen and oxygen atoms in total. The van der Waals surface area contributed by atoms with E-state index in [9.17, 15) is 6.48 Å². The molecule has 0 bridgehead atoms. The van der Waals surface area contributed by atoms with Crippen LogP contribution in [-0.2, 0) is 10.8 Å². The summed E-state index contributed by atoms with van der Waals surface area (Å²) in [4.78, 5) is 10.1. The van der Waals surface area contributed by atoms with Crippen LogP contribution >= 0.6 is 0 Å². The average molecular weight is 854 g/mol. The van der Waals surface area contributed by atoms with E-state index < -0.39 is 65.8 Å². The number of pyridine rings is 1. The second-order valence-corrected chi connectivity index (χ2v) is 20.2. The summed E-state index contributed by atoms with van der Waals surface area (Å²) in [7, 11) is 0. The Bertz CT molecular complexity index is 3490. The molecule has 0 radical (unpaired) electrons. The average Bonchev–Trinajstić information content (AvgIpc) is 3.71. The van der Waals surface area contributed by atoms with E-state index in [4.69, 9.17) is 17.3 Å². The van der Waals surface area contributed by atoms with Crippen LogP contribution in [0, 0.1) is 12.3 Å². The first-order valence-electron chi connectivity index (χ1n) is 27.2. The number of rotatable bonds is 9. The van der Waals surface area contributed by atoms with Gasteiger partial charge in [0.05, 0.1) is 37.6 Å². The Morgan fingerprint density at radius 1 is 0.625 bits per heavy atom. The molecular formula is C60H65N3O. The van der Waals surface area contributed by atoms with E-state index in [-0.39, 0.29) is 39.7 Å². The second-order valence-electron chi connectivity index (χ2n) is 20.2. The quantitative estimate of drug-likeness (QED) is 0.157. The maximum Gasteiger partial charge on any atom is 0.149 e. The lowest BCUT2D eigenvalue weighted by atomic mass is 9.65. The van der Waals surface area contributed by atoms with Crippen molar-refractivity contribution in [3.8, 4) is 67.5 Å². The minimum Gasteiger partial charge on any atom is -0.507 e. The van der Waals surface area contributed by atoms with Crippen LogP contribution < -0.4 is 0 Å². The molecule has 326 valence electrons.